The minimum atomic E-state index is -1.72. The zero-order chi connectivity index (χ0) is 19.6. The van der Waals surface area contributed by atoms with E-state index in [0.29, 0.717) is 13.2 Å². The molecule has 1 unspecified atom stereocenters. The average Bonchev–Trinajstić information content (AvgIpc) is 2.59. The normalized spacial score (nSPS) is 13.8. The quantitative estimate of drug-likeness (QED) is 0.246. The summed E-state index contributed by atoms with van der Waals surface area (Å²) < 4.78 is 16.9. The van der Waals surface area contributed by atoms with E-state index in [0.717, 1.165) is 18.4 Å². The number of rotatable bonds is 10. The van der Waals surface area contributed by atoms with Gasteiger partial charge >= 0.3 is 5.97 Å². The van der Waals surface area contributed by atoms with Crippen LogP contribution in [-0.4, -0.2) is 34.1 Å². The van der Waals surface area contributed by atoms with Crippen LogP contribution in [0.2, 0.25) is 18.1 Å². The van der Waals surface area contributed by atoms with Crippen molar-refractivity contribution in [2.45, 2.75) is 64.5 Å². The molecule has 0 fully saturated rings. The maximum Gasteiger partial charge on any atom is 0.330 e. The minimum absolute atomic E-state index is 0.141. The molecule has 26 heavy (non-hydrogen) atoms. The van der Waals surface area contributed by atoms with Crippen molar-refractivity contribution in [3.63, 3.8) is 0 Å². The maximum absolute atomic E-state index is 11.4. The number of carbonyl (C=O) groups excluding carboxylic acids is 1. The molecule has 0 saturated carbocycles. The van der Waals surface area contributed by atoms with Crippen LogP contribution in [0.3, 0.4) is 0 Å². The Morgan fingerprint density at radius 3 is 2.42 bits per heavy atom. The molecule has 1 aromatic rings. The van der Waals surface area contributed by atoms with E-state index in [1.54, 1.807) is 6.08 Å². The van der Waals surface area contributed by atoms with Crippen LogP contribution < -0.4 is 0 Å². The summed E-state index contributed by atoms with van der Waals surface area (Å²) in [6.45, 7) is 12.5. The van der Waals surface area contributed by atoms with Crippen LogP contribution in [0.25, 0.3) is 0 Å². The van der Waals surface area contributed by atoms with Crippen molar-refractivity contribution in [3.8, 4) is 0 Å². The molecule has 5 heteroatoms. The largest absolute Gasteiger partial charge is 0.466 e. The maximum atomic E-state index is 11.4. The average molecular weight is 379 g/mol. The van der Waals surface area contributed by atoms with E-state index in [9.17, 15) is 4.79 Å². The van der Waals surface area contributed by atoms with Crippen molar-refractivity contribution in [2.24, 2.45) is 0 Å². The summed E-state index contributed by atoms with van der Waals surface area (Å²) in [5.41, 5.74) is 1.11. The molecule has 4 nitrogen and oxygen atoms in total. The first-order chi connectivity index (χ1) is 12.2. The van der Waals surface area contributed by atoms with Crippen LogP contribution in [0.1, 0.15) is 39.2 Å². The van der Waals surface area contributed by atoms with Crippen molar-refractivity contribution < 1.29 is 18.7 Å². The summed E-state index contributed by atoms with van der Waals surface area (Å²) in [5.74, 6) is -0.365. The van der Waals surface area contributed by atoms with E-state index in [1.807, 2.05) is 30.3 Å². The van der Waals surface area contributed by atoms with Gasteiger partial charge in [0.25, 0.3) is 0 Å². The Kier molecular flexibility index (Phi) is 9.26. The number of hydrogen-bond acceptors (Lipinski definition) is 4. The van der Waals surface area contributed by atoms with Gasteiger partial charge in [-0.15, -0.1) is 0 Å². The summed E-state index contributed by atoms with van der Waals surface area (Å²) in [7, 11) is -0.349. The highest BCUT2D eigenvalue weighted by Gasteiger charge is 2.36. The molecule has 0 aliphatic heterocycles. The van der Waals surface area contributed by atoms with E-state index in [4.69, 9.17) is 9.16 Å². The van der Waals surface area contributed by atoms with Crippen LogP contribution in [0, 0.1) is 0 Å². The Morgan fingerprint density at radius 2 is 1.85 bits per heavy atom. The molecule has 0 aliphatic rings. The first-order valence-electron chi connectivity index (χ1n) is 9.21. The van der Waals surface area contributed by atoms with Gasteiger partial charge in [-0.05, 0) is 42.6 Å². The molecule has 0 spiro atoms. The van der Waals surface area contributed by atoms with Gasteiger partial charge in [0, 0.05) is 12.7 Å². The molecule has 0 N–H and O–H groups in total. The lowest BCUT2D eigenvalue weighted by Crippen LogP contribution is -2.41. The molecule has 0 amide bonds. The van der Waals surface area contributed by atoms with Gasteiger partial charge < -0.3 is 13.9 Å². The van der Waals surface area contributed by atoms with E-state index >= 15 is 0 Å². The second kappa shape index (κ2) is 10.7. The third-order valence-electron chi connectivity index (χ3n) is 4.86. The van der Waals surface area contributed by atoms with Crippen LogP contribution >= 0.6 is 0 Å². The summed E-state index contributed by atoms with van der Waals surface area (Å²) in [6, 6.07) is 10.0. The Hall–Kier alpha value is -1.43. The van der Waals surface area contributed by atoms with Gasteiger partial charge in [0.15, 0.2) is 8.32 Å². The highest BCUT2D eigenvalue weighted by atomic mass is 28.4. The number of ether oxygens (including phenoxy) is 2. The van der Waals surface area contributed by atoms with Crippen molar-refractivity contribution in [2.75, 3.05) is 13.7 Å². The SMILES string of the molecule is COC(=O)/C=C/C(CCCO[Si](C)(C)C(C)(C)C)OCc1ccccc1. The van der Waals surface area contributed by atoms with E-state index in [-0.39, 0.29) is 17.1 Å². The second-order valence-corrected chi connectivity index (χ2v) is 12.8. The fraction of sp³-hybridized carbons (Fsp3) is 0.571. The predicted octanol–water partition coefficient (Wildman–Crippen LogP) is 5.10. The van der Waals surface area contributed by atoms with Crippen LogP contribution in [0.5, 0.6) is 0 Å². The van der Waals surface area contributed by atoms with E-state index in [2.05, 4.69) is 38.6 Å². The lowest BCUT2D eigenvalue weighted by Gasteiger charge is -2.36. The molecule has 0 aliphatic carbocycles. The van der Waals surface area contributed by atoms with Gasteiger partial charge in [-0.3, -0.25) is 0 Å². The molecule has 0 aromatic heterocycles. The molecule has 1 aromatic carbocycles. The lowest BCUT2D eigenvalue weighted by atomic mass is 10.2. The fourth-order valence-corrected chi connectivity index (χ4v) is 3.18. The van der Waals surface area contributed by atoms with E-state index in [1.165, 1.54) is 13.2 Å². The molecule has 0 saturated heterocycles. The van der Waals surface area contributed by atoms with Gasteiger partial charge in [0.1, 0.15) is 0 Å². The van der Waals surface area contributed by atoms with Gasteiger partial charge in [-0.1, -0.05) is 51.1 Å². The number of hydrogen-bond donors (Lipinski definition) is 0. The van der Waals surface area contributed by atoms with Crippen LogP contribution in [-0.2, 0) is 25.3 Å². The zero-order valence-corrected chi connectivity index (χ0v) is 18.1. The summed E-state index contributed by atoms with van der Waals surface area (Å²) in [4.78, 5) is 11.4. The molecular weight excluding hydrogens is 344 g/mol. The van der Waals surface area contributed by atoms with Gasteiger partial charge in [0.2, 0.25) is 0 Å². The molecule has 146 valence electrons. The summed E-state index contributed by atoms with van der Waals surface area (Å²) >= 11 is 0. The highest BCUT2D eigenvalue weighted by molar-refractivity contribution is 6.74. The number of esters is 1. The topological polar surface area (TPSA) is 44.8 Å². The number of benzene rings is 1. The Balaban J connectivity index is 2.53. The first kappa shape index (κ1) is 22.6. The van der Waals surface area contributed by atoms with Crippen LogP contribution in [0.15, 0.2) is 42.5 Å². The van der Waals surface area contributed by atoms with Crippen LogP contribution in [0.4, 0.5) is 0 Å². The predicted molar refractivity (Wildman–Crippen MR) is 109 cm³/mol. The van der Waals surface area contributed by atoms with E-state index < -0.39 is 8.32 Å². The third-order valence-corrected chi connectivity index (χ3v) is 9.40. The Morgan fingerprint density at radius 1 is 1.19 bits per heavy atom. The van der Waals surface area contributed by atoms with Gasteiger partial charge in [-0.2, -0.15) is 0 Å². The number of carbonyl (C=O) groups is 1. The number of methoxy groups -OCH3 is 1. The Bertz CT molecular complexity index is 561. The van der Waals surface area contributed by atoms with Crippen molar-refractivity contribution >= 4 is 14.3 Å². The highest BCUT2D eigenvalue weighted by Crippen LogP contribution is 2.36. The molecule has 1 rings (SSSR count). The second-order valence-electron chi connectivity index (χ2n) is 7.97. The van der Waals surface area contributed by atoms with Crippen molar-refractivity contribution in [1.29, 1.82) is 0 Å². The lowest BCUT2D eigenvalue weighted by molar-refractivity contribution is -0.134. The smallest absolute Gasteiger partial charge is 0.330 e. The summed E-state index contributed by atoms with van der Waals surface area (Å²) in [6.07, 6.45) is 4.76. The standard InChI is InChI=1S/C21H34O4Si/c1-21(2,3)26(5,6)25-16-10-13-19(14-15-20(22)23-4)24-17-18-11-8-7-9-12-18/h7-9,11-12,14-15,19H,10,13,16-17H2,1-6H3/b15-14+. The molecular formula is C21H34O4Si. The Labute approximate surface area is 159 Å². The van der Waals surface area contributed by atoms with Gasteiger partial charge in [0.05, 0.1) is 19.8 Å². The van der Waals surface area contributed by atoms with Crippen molar-refractivity contribution in [1.82, 2.24) is 0 Å². The zero-order valence-electron chi connectivity index (χ0n) is 17.1. The first-order valence-corrected chi connectivity index (χ1v) is 12.1. The molecule has 0 bridgehead atoms. The van der Waals surface area contributed by atoms with Crippen molar-refractivity contribution in [3.05, 3.63) is 48.0 Å². The minimum Gasteiger partial charge on any atom is -0.466 e. The third kappa shape index (κ3) is 8.30. The van der Waals surface area contributed by atoms with Gasteiger partial charge in [-0.25, -0.2) is 4.79 Å². The summed E-state index contributed by atoms with van der Waals surface area (Å²) in [5, 5.41) is 0.209. The molecule has 1 atom stereocenters. The fourth-order valence-electron chi connectivity index (χ4n) is 2.09. The monoisotopic (exact) mass is 378 g/mol. The molecule has 0 radical (unpaired) electrons. The molecule has 0 heterocycles.